The van der Waals surface area contributed by atoms with Gasteiger partial charge in [-0.25, -0.2) is 15.0 Å². The van der Waals surface area contributed by atoms with Crippen molar-refractivity contribution >= 4 is 11.7 Å². The molecule has 0 aromatic carbocycles. The van der Waals surface area contributed by atoms with Crippen molar-refractivity contribution < 1.29 is 4.79 Å². The van der Waals surface area contributed by atoms with Crippen LogP contribution in [-0.4, -0.2) is 48.3 Å². The second-order valence-electron chi connectivity index (χ2n) is 5.88. The number of rotatable bonds is 7. The molecule has 0 aliphatic rings. The number of nitrogens with one attached hydrogen (secondary N) is 2. The molecule has 26 heavy (non-hydrogen) atoms. The lowest BCUT2D eigenvalue weighted by Crippen LogP contribution is -2.34. The van der Waals surface area contributed by atoms with Crippen LogP contribution in [0.2, 0.25) is 0 Å². The Morgan fingerprint density at radius 3 is 2.73 bits per heavy atom. The van der Waals surface area contributed by atoms with Gasteiger partial charge in [0.2, 0.25) is 5.91 Å². The molecule has 0 unspecified atom stereocenters. The average Bonchev–Trinajstić information content (AvgIpc) is 3.29. The molecule has 0 fully saturated rings. The zero-order valence-electron chi connectivity index (χ0n) is 15.0. The molecule has 0 spiro atoms. The molecule has 0 radical (unpaired) electrons. The van der Waals surface area contributed by atoms with Gasteiger partial charge in [-0.05, 0) is 26.8 Å². The summed E-state index contributed by atoms with van der Waals surface area (Å²) in [7, 11) is 0. The molecule has 1 atom stereocenters. The summed E-state index contributed by atoms with van der Waals surface area (Å²) < 4.78 is 3.52. The molecule has 0 aliphatic carbocycles. The molecule has 1 amide bonds. The molecule has 3 aromatic heterocycles. The minimum atomic E-state index is -0.345. The van der Waals surface area contributed by atoms with E-state index in [1.54, 1.807) is 29.3 Å². The van der Waals surface area contributed by atoms with Gasteiger partial charge < -0.3 is 10.6 Å². The van der Waals surface area contributed by atoms with Crippen molar-refractivity contribution in [2.24, 2.45) is 0 Å². The first kappa shape index (κ1) is 17.6. The first-order valence-corrected chi connectivity index (χ1v) is 8.41. The minimum absolute atomic E-state index is 0.0795. The molecule has 3 rings (SSSR count). The van der Waals surface area contributed by atoms with Gasteiger partial charge in [0, 0.05) is 43.9 Å². The molecular weight excluding hydrogens is 332 g/mol. The van der Waals surface area contributed by atoms with Crippen molar-refractivity contribution in [3.63, 3.8) is 0 Å². The quantitative estimate of drug-likeness (QED) is 0.619. The number of hydrogen-bond acceptors (Lipinski definition) is 6. The van der Waals surface area contributed by atoms with Crippen LogP contribution in [0.3, 0.4) is 0 Å². The smallest absolute Gasteiger partial charge is 0.244 e. The lowest BCUT2D eigenvalue weighted by molar-refractivity contribution is -0.124. The first-order valence-electron chi connectivity index (χ1n) is 8.41. The summed E-state index contributed by atoms with van der Waals surface area (Å²) in [6, 6.07) is 3.31. The zero-order chi connectivity index (χ0) is 18.5. The molecular formula is C17H22N8O. The van der Waals surface area contributed by atoms with Gasteiger partial charge in [-0.1, -0.05) is 0 Å². The highest BCUT2D eigenvalue weighted by Gasteiger charge is 2.14. The standard InChI is InChI=1S/C17H22N8O/c1-12(25-9-4-5-21-25)17(26)20-7-6-19-15-11-16(23-13(2)22-15)24-10-8-18-14(24)3/h4-5,8-12H,6-7H2,1-3H3,(H,20,26)(H,19,22,23)/t12-/m0/s1. The van der Waals surface area contributed by atoms with E-state index in [0.717, 1.165) is 11.6 Å². The molecule has 0 saturated carbocycles. The average molecular weight is 354 g/mol. The van der Waals surface area contributed by atoms with Gasteiger partial charge in [-0.2, -0.15) is 5.10 Å². The van der Waals surface area contributed by atoms with Crippen molar-refractivity contribution in [2.75, 3.05) is 18.4 Å². The van der Waals surface area contributed by atoms with Crippen LogP contribution in [0.1, 0.15) is 24.6 Å². The Hall–Kier alpha value is -3.23. The normalized spacial score (nSPS) is 12.0. The van der Waals surface area contributed by atoms with E-state index in [1.807, 2.05) is 37.6 Å². The number of nitrogens with zero attached hydrogens (tertiary/aromatic N) is 6. The fraction of sp³-hybridized carbons (Fsp3) is 0.353. The molecule has 0 saturated heterocycles. The number of aryl methyl sites for hydroxylation is 2. The molecule has 2 N–H and O–H groups in total. The van der Waals surface area contributed by atoms with E-state index in [0.29, 0.717) is 24.7 Å². The van der Waals surface area contributed by atoms with Crippen molar-refractivity contribution in [1.82, 2.24) is 34.6 Å². The van der Waals surface area contributed by atoms with Crippen LogP contribution in [0.5, 0.6) is 0 Å². The third-order valence-electron chi connectivity index (χ3n) is 3.93. The number of carbonyl (C=O) groups is 1. The number of hydrogen-bond donors (Lipinski definition) is 2. The van der Waals surface area contributed by atoms with Crippen LogP contribution < -0.4 is 10.6 Å². The fourth-order valence-electron chi connectivity index (χ4n) is 2.54. The van der Waals surface area contributed by atoms with Gasteiger partial charge in [0.1, 0.15) is 29.3 Å². The summed E-state index contributed by atoms with van der Waals surface area (Å²) in [5, 5.41) is 10.2. The maximum absolute atomic E-state index is 12.1. The summed E-state index contributed by atoms with van der Waals surface area (Å²) in [4.78, 5) is 25.2. The van der Waals surface area contributed by atoms with Crippen LogP contribution in [0.4, 0.5) is 5.82 Å². The lowest BCUT2D eigenvalue weighted by Gasteiger charge is -2.13. The molecule has 9 heteroatoms. The molecule has 9 nitrogen and oxygen atoms in total. The first-order chi connectivity index (χ1) is 12.5. The van der Waals surface area contributed by atoms with E-state index in [4.69, 9.17) is 0 Å². The van der Waals surface area contributed by atoms with Gasteiger partial charge in [0.05, 0.1) is 0 Å². The van der Waals surface area contributed by atoms with Crippen molar-refractivity contribution in [3.05, 3.63) is 48.6 Å². The van der Waals surface area contributed by atoms with Gasteiger partial charge in [-0.15, -0.1) is 0 Å². The fourth-order valence-corrected chi connectivity index (χ4v) is 2.54. The third-order valence-corrected chi connectivity index (χ3v) is 3.93. The second kappa shape index (κ2) is 7.77. The van der Waals surface area contributed by atoms with E-state index in [1.165, 1.54) is 0 Å². The summed E-state index contributed by atoms with van der Waals surface area (Å²) in [6.07, 6.45) is 7.02. The topological polar surface area (TPSA) is 103 Å². The minimum Gasteiger partial charge on any atom is -0.368 e. The van der Waals surface area contributed by atoms with Crippen molar-refractivity contribution in [3.8, 4) is 5.82 Å². The Bertz CT molecular complexity index is 871. The van der Waals surface area contributed by atoms with Crippen molar-refractivity contribution in [1.29, 1.82) is 0 Å². The molecule has 3 heterocycles. The van der Waals surface area contributed by atoms with Gasteiger partial charge in [-0.3, -0.25) is 14.0 Å². The summed E-state index contributed by atoms with van der Waals surface area (Å²) in [5.74, 6) is 2.90. The molecule has 0 aliphatic heterocycles. The SMILES string of the molecule is Cc1nc(NCCNC(=O)[C@H](C)n2cccn2)cc(-n2ccnc2C)n1. The largest absolute Gasteiger partial charge is 0.368 e. The Morgan fingerprint density at radius 1 is 1.19 bits per heavy atom. The molecule has 0 bridgehead atoms. The van der Waals surface area contributed by atoms with E-state index >= 15 is 0 Å². The highest BCUT2D eigenvalue weighted by molar-refractivity contribution is 5.79. The van der Waals surface area contributed by atoms with E-state index < -0.39 is 0 Å². The lowest BCUT2D eigenvalue weighted by atomic mass is 10.3. The summed E-state index contributed by atoms with van der Waals surface area (Å²) in [6.45, 7) is 6.60. The Labute approximate surface area is 151 Å². The number of amides is 1. The Balaban J connectivity index is 1.54. The highest BCUT2D eigenvalue weighted by atomic mass is 16.2. The number of anilines is 1. The van der Waals surface area contributed by atoms with Gasteiger partial charge >= 0.3 is 0 Å². The zero-order valence-corrected chi connectivity index (χ0v) is 15.0. The van der Waals surface area contributed by atoms with Crippen LogP contribution in [0.15, 0.2) is 36.9 Å². The van der Waals surface area contributed by atoms with Crippen LogP contribution >= 0.6 is 0 Å². The predicted molar refractivity (Wildman–Crippen MR) is 97.1 cm³/mol. The summed E-state index contributed by atoms with van der Waals surface area (Å²) >= 11 is 0. The number of carbonyl (C=O) groups excluding carboxylic acids is 1. The molecule has 3 aromatic rings. The van der Waals surface area contributed by atoms with Gasteiger partial charge in [0.25, 0.3) is 0 Å². The Kier molecular flexibility index (Phi) is 5.26. The summed E-state index contributed by atoms with van der Waals surface area (Å²) in [5.41, 5.74) is 0. The van der Waals surface area contributed by atoms with E-state index in [2.05, 4.69) is 30.7 Å². The van der Waals surface area contributed by atoms with Crippen LogP contribution in [0.25, 0.3) is 5.82 Å². The second-order valence-corrected chi connectivity index (χ2v) is 5.88. The number of imidazole rings is 1. The maximum atomic E-state index is 12.1. The van der Waals surface area contributed by atoms with E-state index in [-0.39, 0.29) is 11.9 Å². The van der Waals surface area contributed by atoms with Crippen molar-refractivity contribution in [2.45, 2.75) is 26.8 Å². The third kappa shape index (κ3) is 4.05. The molecule has 136 valence electrons. The predicted octanol–water partition coefficient (Wildman–Crippen LogP) is 1.26. The highest BCUT2D eigenvalue weighted by Crippen LogP contribution is 2.12. The van der Waals surface area contributed by atoms with Crippen LogP contribution in [-0.2, 0) is 4.79 Å². The maximum Gasteiger partial charge on any atom is 0.244 e. The van der Waals surface area contributed by atoms with Gasteiger partial charge in [0.15, 0.2) is 0 Å². The Morgan fingerprint density at radius 2 is 2.04 bits per heavy atom. The monoisotopic (exact) mass is 354 g/mol. The van der Waals surface area contributed by atoms with Crippen LogP contribution in [0, 0.1) is 13.8 Å². The van der Waals surface area contributed by atoms with E-state index in [9.17, 15) is 4.79 Å². The number of aromatic nitrogens is 6.